The molecule has 0 aliphatic carbocycles. The lowest BCUT2D eigenvalue weighted by molar-refractivity contribution is -0.484. The van der Waals surface area contributed by atoms with Crippen LogP contribution in [0.5, 0.6) is 5.75 Å². The van der Waals surface area contributed by atoms with Gasteiger partial charge < -0.3 is 4.74 Å². The first-order valence-corrected chi connectivity index (χ1v) is 8.78. The Balaban J connectivity index is 1.83. The van der Waals surface area contributed by atoms with Gasteiger partial charge in [0.25, 0.3) is 5.91 Å². The van der Waals surface area contributed by atoms with Crippen molar-refractivity contribution in [3.05, 3.63) is 68.7 Å². The van der Waals surface area contributed by atoms with Gasteiger partial charge >= 0.3 is 0 Å². The summed E-state index contributed by atoms with van der Waals surface area (Å²) < 4.78 is 6.82. The number of benzene rings is 2. The van der Waals surface area contributed by atoms with Crippen LogP contribution in [-0.2, 0) is 4.79 Å². The highest BCUT2D eigenvalue weighted by molar-refractivity contribution is 9.10. The van der Waals surface area contributed by atoms with Gasteiger partial charge in [-0.15, -0.1) is 0 Å². The first-order chi connectivity index (χ1) is 12.4. The topological polar surface area (TPSA) is 85.0 Å². The van der Waals surface area contributed by atoms with Gasteiger partial charge in [-0.25, -0.2) is 0 Å². The number of anilines is 1. The molecule has 0 radical (unpaired) electrons. The molecule has 2 atom stereocenters. The van der Waals surface area contributed by atoms with Gasteiger partial charge in [0.15, 0.2) is 0 Å². The summed E-state index contributed by atoms with van der Waals surface area (Å²) in [5.41, 5.74) is 0.139. The minimum Gasteiger partial charge on any atom is -0.470 e. The molecule has 2 aromatic rings. The molecule has 4 rings (SSSR count). The van der Waals surface area contributed by atoms with E-state index in [1.807, 2.05) is 6.07 Å². The zero-order valence-electron chi connectivity index (χ0n) is 13.8. The lowest BCUT2D eigenvalue weighted by Crippen LogP contribution is -2.54. The summed E-state index contributed by atoms with van der Waals surface area (Å²) in [6.07, 6.45) is 0. The van der Waals surface area contributed by atoms with Gasteiger partial charge in [0.2, 0.25) is 12.1 Å². The molecule has 26 heavy (non-hydrogen) atoms. The van der Waals surface area contributed by atoms with Crippen molar-refractivity contribution >= 4 is 33.2 Å². The lowest BCUT2D eigenvalue weighted by atomic mass is 9.81. The summed E-state index contributed by atoms with van der Waals surface area (Å²) in [5.74, 6) is -0.701. The fraction of sp³-hybridized carbons (Fsp3) is 0.222. The van der Waals surface area contributed by atoms with Crippen molar-refractivity contribution in [2.24, 2.45) is 5.10 Å². The molecule has 132 valence electrons. The Bertz CT molecular complexity index is 947. The number of carbonyl (C=O) groups excluding carboxylic acids is 1. The molecular formula is C18H14BrN3O4. The average molecular weight is 416 g/mol. The molecule has 8 heteroatoms. The Morgan fingerprint density at radius 1 is 1.31 bits per heavy atom. The van der Waals surface area contributed by atoms with Gasteiger partial charge in [0.05, 0.1) is 11.4 Å². The zero-order chi connectivity index (χ0) is 18.5. The van der Waals surface area contributed by atoms with Gasteiger partial charge in [-0.05, 0) is 37.3 Å². The van der Waals surface area contributed by atoms with Crippen LogP contribution in [0.25, 0.3) is 0 Å². The predicted molar refractivity (Wildman–Crippen MR) is 99.1 cm³/mol. The van der Waals surface area contributed by atoms with E-state index in [4.69, 9.17) is 4.74 Å². The van der Waals surface area contributed by atoms with Crippen LogP contribution >= 0.6 is 15.9 Å². The van der Waals surface area contributed by atoms with Crippen molar-refractivity contribution in [1.82, 2.24) is 0 Å². The first-order valence-electron chi connectivity index (χ1n) is 7.99. The highest BCUT2D eigenvalue weighted by Gasteiger charge is 2.63. The molecule has 1 amide bonds. The maximum Gasteiger partial charge on any atom is 0.298 e. The summed E-state index contributed by atoms with van der Waals surface area (Å²) in [6, 6.07) is 14.2. The number of hydrazone groups is 1. The maximum atomic E-state index is 13.3. The second kappa shape index (κ2) is 5.91. The van der Waals surface area contributed by atoms with Crippen molar-refractivity contribution in [1.29, 1.82) is 0 Å². The fourth-order valence-electron chi connectivity index (χ4n) is 3.57. The fourth-order valence-corrected chi connectivity index (χ4v) is 3.95. The van der Waals surface area contributed by atoms with Crippen molar-refractivity contribution in [3.63, 3.8) is 0 Å². The zero-order valence-corrected chi connectivity index (χ0v) is 15.3. The smallest absolute Gasteiger partial charge is 0.298 e. The Morgan fingerprint density at radius 3 is 2.73 bits per heavy atom. The number of nitro groups is 1. The van der Waals surface area contributed by atoms with E-state index in [0.717, 1.165) is 4.47 Å². The number of halogens is 1. The van der Waals surface area contributed by atoms with E-state index < -0.39 is 28.9 Å². The molecule has 2 aliphatic rings. The van der Waals surface area contributed by atoms with E-state index in [2.05, 4.69) is 21.0 Å². The van der Waals surface area contributed by atoms with Gasteiger partial charge in [-0.2, -0.15) is 10.1 Å². The van der Waals surface area contributed by atoms with E-state index in [-0.39, 0.29) is 0 Å². The van der Waals surface area contributed by atoms with Crippen molar-refractivity contribution < 1.29 is 14.5 Å². The van der Waals surface area contributed by atoms with Crippen molar-refractivity contribution in [2.45, 2.75) is 18.4 Å². The maximum absolute atomic E-state index is 13.3. The minimum atomic E-state index is -1.49. The van der Waals surface area contributed by atoms with E-state index in [0.29, 0.717) is 22.7 Å². The molecule has 1 spiro atoms. The molecule has 0 fully saturated rings. The Kier molecular flexibility index (Phi) is 3.80. The molecule has 0 aromatic heterocycles. The predicted octanol–water partition coefficient (Wildman–Crippen LogP) is 3.36. The van der Waals surface area contributed by atoms with Crippen molar-refractivity contribution in [3.8, 4) is 5.75 Å². The van der Waals surface area contributed by atoms with Gasteiger partial charge in [-0.3, -0.25) is 14.9 Å². The summed E-state index contributed by atoms with van der Waals surface area (Å²) in [7, 11) is 0. The SMILES string of the molecule is CC1=NN(c2ccccc2)C(=O)[C@]12Oc1ccc(Br)cc1[C@H]2C[N+](=O)[O-]. The number of ether oxygens (including phenoxy) is 1. The number of amides is 1. The Morgan fingerprint density at radius 2 is 2.04 bits per heavy atom. The molecule has 0 unspecified atom stereocenters. The van der Waals surface area contributed by atoms with Gasteiger partial charge in [-0.1, -0.05) is 34.1 Å². The third kappa shape index (κ3) is 2.33. The number of rotatable bonds is 3. The van der Waals surface area contributed by atoms with Crippen LogP contribution in [0.15, 0.2) is 58.1 Å². The van der Waals surface area contributed by atoms with Crippen LogP contribution in [-0.4, -0.2) is 28.7 Å². The molecule has 0 N–H and O–H groups in total. The Labute approximate surface area is 157 Å². The number of para-hydroxylation sites is 1. The van der Waals surface area contributed by atoms with Crippen LogP contribution in [0.2, 0.25) is 0 Å². The van der Waals surface area contributed by atoms with E-state index in [1.54, 1.807) is 49.4 Å². The number of hydrogen-bond donors (Lipinski definition) is 0. The molecule has 2 aliphatic heterocycles. The molecule has 7 nitrogen and oxygen atoms in total. The van der Waals surface area contributed by atoms with Gasteiger partial charge in [0.1, 0.15) is 11.7 Å². The van der Waals surface area contributed by atoms with Crippen LogP contribution in [0.3, 0.4) is 0 Å². The van der Waals surface area contributed by atoms with Crippen LogP contribution < -0.4 is 9.75 Å². The quantitative estimate of drug-likeness (QED) is 0.567. The summed E-state index contributed by atoms with van der Waals surface area (Å²) in [4.78, 5) is 24.2. The monoisotopic (exact) mass is 415 g/mol. The molecular weight excluding hydrogens is 402 g/mol. The van der Waals surface area contributed by atoms with Crippen LogP contribution in [0.1, 0.15) is 18.4 Å². The van der Waals surface area contributed by atoms with Crippen molar-refractivity contribution in [2.75, 3.05) is 11.6 Å². The highest BCUT2D eigenvalue weighted by Crippen LogP contribution is 2.49. The van der Waals surface area contributed by atoms with E-state index in [9.17, 15) is 14.9 Å². The molecule has 0 saturated carbocycles. The largest absolute Gasteiger partial charge is 0.470 e. The molecule has 2 aromatic carbocycles. The molecule has 0 bridgehead atoms. The minimum absolute atomic E-state index is 0.408. The number of carbonyl (C=O) groups is 1. The first kappa shape index (κ1) is 16.7. The summed E-state index contributed by atoms with van der Waals surface area (Å²) in [6.45, 7) is 1.25. The van der Waals surface area contributed by atoms with E-state index >= 15 is 0 Å². The number of hydrogen-bond acceptors (Lipinski definition) is 5. The third-order valence-corrected chi connectivity index (χ3v) is 5.23. The van der Waals surface area contributed by atoms with Crippen LogP contribution in [0, 0.1) is 10.1 Å². The second-order valence-electron chi connectivity index (χ2n) is 6.23. The highest BCUT2D eigenvalue weighted by atomic mass is 79.9. The van der Waals surface area contributed by atoms with Gasteiger partial charge in [0, 0.05) is 15.0 Å². The summed E-state index contributed by atoms with van der Waals surface area (Å²) in [5, 5.41) is 17.0. The number of nitrogens with zero attached hydrogens (tertiary/aromatic N) is 3. The summed E-state index contributed by atoms with van der Waals surface area (Å²) >= 11 is 3.38. The Hall–Kier alpha value is -2.74. The second-order valence-corrected chi connectivity index (χ2v) is 7.14. The molecule has 0 saturated heterocycles. The normalized spacial score (nSPS) is 23.8. The molecule has 2 heterocycles. The van der Waals surface area contributed by atoms with Crippen LogP contribution in [0.4, 0.5) is 5.69 Å². The van der Waals surface area contributed by atoms with E-state index in [1.165, 1.54) is 5.01 Å². The lowest BCUT2D eigenvalue weighted by Gasteiger charge is -2.27. The third-order valence-electron chi connectivity index (χ3n) is 4.74. The average Bonchev–Trinajstić information content (AvgIpc) is 3.06. The number of fused-ring (bicyclic) bond motifs is 1. The standard InChI is InChI=1S/C18H14BrN3O4/c1-11-18(17(23)22(20-11)13-5-3-2-4-6-13)15(10-21(24)25)14-9-12(19)7-8-16(14)26-18/h2-9,15H,10H2,1H3/t15-,18+/m1/s1.